The molecule has 3 rings (SSSR count). The van der Waals surface area contributed by atoms with Crippen LogP contribution in [0.25, 0.3) is 11.3 Å². The second kappa shape index (κ2) is 9.25. The smallest absolute Gasteiger partial charge is 0.273 e. The fourth-order valence-electron chi connectivity index (χ4n) is 2.67. The summed E-state index contributed by atoms with van der Waals surface area (Å²) in [5.41, 5.74) is 5.20. The van der Waals surface area contributed by atoms with Crippen LogP contribution in [0.4, 0.5) is 4.39 Å². The van der Waals surface area contributed by atoms with Crippen LogP contribution in [0.3, 0.4) is 0 Å². The van der Waals surface area contributed by atoms with Crippen LogP contribution in [-0.2, 0) is 11.2 Å². The summed E-state index contributed by atoms with van der Waals surface area (Å²) < 4.78 is 24.5. The highest BCUT2D eigenvalue weighted by molar-refractivity contribution is 6.31. The Morgan fingerprint density at radius 1 is 1.10 bits per heavy atom. The Morgan fingerprint density at radius 2 is 1.90 bits per heavy atom. The zero-order valence-electron chi connectivity index (χ0n) is 15.5. The van der Waals surface area contributed by atoms with Crippen molar-refractivity contribution in [3.8, 4) is 17.1 Å². The van der Waals surface area contributed by atoms with Gasteiger partial charge in [0.15, 0.2) is 0 Å². The summed E-state index contributed by atoms with van der Waals surface area (Å²) in [7, 11) is 1.43. The molecule has 8 heteroatoms. The lowest BCUT2D eigenvalue weighted by molar-refractivity contribution is -0.121. The van der Waals surface area contributed by atoms with Gasteiger partial charge in [-0.05, 0) is 42.5 Å². The van der Waals surface area contributed by atoms with Crippen molar-refractivity contribution < 1.29 is 23.1 Å². The van der Waals surface area contributed by atoms with Gasteiger partial charge in [0.05, 0.1) is 18.2 Å². The van der Waals surface area contributed by atoms with Crippen molar-refractivity contribution in [1.82, 2.24) is 10.9 Å². The number of nitrogens with one attached hydrogen (secondary N) is 2. The first-order valence-corrected chi connectivity index (χ1v) is 9.12. The zero-order valence-corrected chi connectivity index (χ0v) is 16.3. The number of hydrazine groups is 1. The fraction of sp³-hybridized carbons (Fsp3) is 0.143. The van der Waals surface area contributed by atoms with Gasteiger partial charge in [0, 0.05) is 17.9 Å². The minimum atomic E-state index is -0.558. The van der Waals surface area contributed by atoms with Crippen molar-refractivity contribution in [2.24, 2.45) is 0 Å². The maximum Gasteiger partial charge on any atom is 0.273 e. The summed E-state index contributed by atoms with van der Waals surface area (Å²) in [6, 6.07) is 14.2. The second-order valence-electron chi connectivity index (χ2n) is 6.09. The average Bonchev–Trinajstić information content (AvgIpc) is 3.19. The van der Waals surface area contributed by atoms with E-state index in [0.29, 0.717) is 27.9 Å². The lowest BCUT2D eigenvalue weighted by Gasteiger charge is -2.10. The number of rotatable bonds is 6. The van der Waals surface area contributed by atoms with Crippen LogP contribution in [0.1, 0.15) is 22.5 Å². The molecule has 0 saturated heterocycles. The summed E-state index contributed by atoms with van der Waals surface area (Å²) in [6.07, 6.45) is 0.355. The first-order valence-electron chi connectivity index (χ1n) is 8.74. The summed E-state index contributed by atoms with van der Waals surface area (Å²) in [6.45, 7) is 0. The van der Waals surface area contributed by atoms with Crippen molar-refractivity contribution in [2.75, 3.05) is 7.11 Å². The van der Waals surface area contributed by atoms with E-state index in [-0.39, 0.29) is 24.2 Å². The van der Waals surface area contributed by atoms with E-state index in [1.165, 1.54) is 19.2 Å². The molecule has 29 heavy (non-hydrogen) atoms. The molecule has 1 heterocycles. The summed E-state index contributed by atoms with van der Waals surface area (Å²) in [5.74, 6) is -0.107. The number of amides is 2. The quantitative estimate of drug-likeness (QED) is 0.592. The maximum absolute atomic E-state index is 13.8. The number of aryl methyl sites for hydroxylation is 1. The van der Waals surface area contributed by atoms with Gasteiger partial charge in [0.1, 0.15) is 23.1 Å². The number of hydrogen-bond acceptors (Lipinski definition) is 4. The molecular formula is C21H18ClFN2O4. The van der Waals surface area contributed by atoms with E-state index in [1.54, 1.807) is 42.5 Å². The van der Waals surface area contributed by atoms with Gasteiger partial charge in [-0.3, -0.25) is 20.4 Å². The number of benzene rings is 2. The fourth-order valence-corrected chi connectivity index (χ4v) is 2.84. The Morgan fingerprint density at radius 3 is 2.66 bits per heavy atom. The first-order chi connectivity index (χ1) is 14.0. The van der Waals surface area contributed by atoms with Gasteiger partial charge in [0.25, 0.3) is 5.91 Å². The maximum atomic E-state index is 13.8. The van der Waals surface area contributed by atoms with Crippen molar-refractivity contribution in [3.05, 3.63) is 76.8 Å². The molecule has 0 aliphatic heterocycles. The van der Waals surface area contributed by atoms with E-state index in [1.807, 2.05) is 0 Å². The molecule has 0 atom stereocenters. The van der Waals surface area contributed by atoms with Gasteiger partial charge < -0.3 is 9.15 Å². The molecule has 0 spiro atoms. The molecule has 0 radical (unpaired) electrons. The number of carbonyl (C=O) groups excluding carboxylic acids is 2. The number of halogens is 2. The van der Waals surface area contributed by atoms with Gasteiger partial charge >= 0.3 is 0 Å². The molecule has 0 saturated carbocycles. The van der Waals surface area contributed by atoms with Gasteiger partial charge in [-0.1, -0.05) is 23.7 Å². The van der Waals surface area contributed by atoms with E-state index in [2.05, 4.69) is 10.9 Å². The molecule has 2 aromatic carbocycles. The topological polar surface area (TPSA) is 80.6 Å². The molecule has 0 aliphatic rings. The van der Waals surface area contributed by atoms with Crippen LogP contribution in [0.5, 0.6) is 5.75 Å². The number of carbonyl (C=O) groups is 2. The van der Waals surface area contributed by atoms with E-state index in [4.69, 9.17) is 20.8 Å². The van der Waals surface area contributed by atoms with E-state index in [9.17, 15) is 14.0 Å². The average molecular weight is 417 g/mol. The number of methoxy groups -OCH3 is 1. The van der Waals surface area contributed by atoms with Crippen LogP contribution >= 0.6 is 11.6 Å². The van der Waals surface area contributed by atoms with Crippen LogP contribution in [0.15, 0.2) is 59.0 Å². The molecule has 2 amide bonds. The van der Waals surface area contributed by atoms with E-state index in [0.717, 1.165) is 0 Å². The highest BCUT2D eigenvalue weighted by atomic mass is 35.5. The van der Waals surface area contributed by atoms with Gasteiger partial charge in [-0.25, -0.2) is 4.39 Å². The van der Waals surface area contributed by atoms with Crippen LogP contribution in [0.2, 0.25) is 5.02 Å². The molecule has 0 fully saturated rings. The Bertz CT molecular complexity index is 1040. The van der Waals surface area contributed by atoms with Gasteiger partial charge in [0.2, 0.25) is 5.91 Å². The minimum absolute atomic E-state index is 0.0667. The molecule has 6 nitrogen and oxygen atoms in total. The van der Waals surface area contributed by atoms with Crippen LogP contribution in [-0.4, -0.2) is 18.9 Å². The normalized spacial score (nSPS) is 10.4. The largest absolute Gasteiger partial charge is 0.496 e. The Kier molecular flexibility index (Phi) is 6.51. The number of furan rings is 1. The lowest BCUT2D eigenvalue weighted by Crippen LogP contribution is -2.41. The van der Waals surface area contributed by atoms with Gasteiger partial charge in [-0.15, -0.1) is 0 Å². The van der Waals surface area contributed by atoms with Crippen molar-refractivity contribution >= 4 is 23.4 Å². The lowest BCUT2D eigenvalue weighted by atomic mass is 10.1. The summed E-state index contributed by atoms with van der Waals surface area (Å²) in [4.78, 5) is 24.2. The summed E-state index contributed by atoms with van der Waals surface area (Å²) >= 11 is 5.90. The third-order valence-corrected chi connectivity index (χ3v) is 4.36. The third kappa shape index (κ3) is 5.14. The molecule has 2 N–H and O–H groups in total. The Labute approximate surface area is 171 Å². The number of hydrogen-bond donors (Lipinski definition) is 2. The predicted molar refractivity (Wildman–Crippen MR) is 106 cm³/mol. The molecule has 1 aromatic heterocycles. The zero-order chi connectivity index (χ0) is 20.8. The highest BCUT2D eigenvalue weighted by Crippen LogP contribution is 2.25. The van der Waals surface area contributed by atoms with Gasteiger partial charge in [-0.2, -0.15) is 0 Å². The molecule has 0 bridgehead atoms. The highest BCUT2D eigenvalue weighted by Gasteiger charge is 2.14. The van der Waals surface area contributed by atoms with Crippen LogP contribution < -0.4 is 15.6 Å². The molecule has 150 valence electrons. The van der Waals surface area contributed by atoms with Crippen molar-refractivity contribution in [1.29, 1.82) is 0 Å². The standard InChI is InChI=1S/C21H18ClFN2O4/c1-28-18-9-6-13(22)12-16(18)21(27)25-24-20(26)11-8-14-7-10-19(29-14)15-4-2-3-5-17(15)23/h2-7,9-10,12H,8,11H2,1H3,(H,24,26)(H,25,27). The van der Waals surface area contributed by atoms with Crippen molar-refractivity contribution in [2.45, 2.75) is 12.8 Å². The number of ether oxygens (including phenoxy) is 1. The first kappa shape index (κ1) is 20.4. The third-order valence-electron chi connectivity index (χ3n) is 4.12. The predicted octanol–water partition coefficient (Wildman–Crippen LogP) is 4.14. The van der Waals surface area contributed by atoms with E-state index >= 15 is 0 Å². The molecular weight excluding hydrogens is 399 g/mol. The minimum Gasteiger partial charge on any atom is -0.496 e. The summed E-state index contributed by atoms with van der Waals surface area (Å²) in [5, 5.41) is 0.366. The molecule has 0 aliphatic carbocycles. The molecule has 0 unspecified atom stereocenters. The van der Waals surface area contributed by atoms with E-state index < -0.39 is 11.8 Å². The second-order valence-corrected chi connectivity index (χ2v) is 6.53. The SMILES string of the molecule is COc1ccc(Cl)cc1C(=O)NNC(=O)CCc1ccc(-c2ccccc2F)o1. The Balaban J connectivity index is 1.53. The van der Waals surface area contributed by atoms with Crippen molar-refractivity contribution in [3.63, 3.8) is 0 Å². The monoisotopic (exact) mass is 416 g/mol. The Hall–Kier alpha value is -3.32. The van der Waals surface area contributed by atoms with Crippen LogP contribution in [0, 0.1) is 5.82 Å². The molecule has 3 aromatic rings.